The minimum Gasteiger partial charge on any atom is -0.505 e. The maximum Gasteiger partial charge on any atom is 0.333 e. The van der Waals surface area contributed by atoms with Crippen LogP contribution in [0.4, 0.5) is 0 Å². The molecule has 158 valence electrons. The number of phenols is 1. The highest BCUT2D eigenvalue weighted by Gasteiger charge is 2.24. The predicted octanol–water partition coefficient (Wildman–Crippen LogP) is 4.23. The fourth-order valence-electron chi connectivity index (χ4n) is 2.95. The van der Waals surface area contributed by atoms with Crippen LogP contribution in [0.2, 0.25) is 0 Å². The van der Waals surface area contributed by atoms with E-state index in [1.165, 1.54) is 4.80 Å². The second kappa shape index (κ2) is 8.18. The van der Waals surface area contributed by atoms with Gasteiger partial charge in [0.2, 0.25) is 0 Å². The number of aryl methyl sites for hydroxylation is 1. The maximum atomic E-state index is 11.5. The summed E-state index contributed by atoms with van der Waals surface area (Å²) in [7, 11) is 0. The average molecular weight is 409 g/mol. The number of hydrogen-bond acceptors (Lipinski definition) is 6. The van der Waals surface area contributed by atoms with Crippen LogP contribution in [-0.2, 0) is 14.9 Å². The van der Waals surface area contributed by atoms with Crippen LogP contribution in [0, 0.1) is 6.92 Å². The van der Waals surface area contributed by atoms with Crippen LogP contribution >= 0.6 is 0 Å². The number of ether oxygens (including phenoxy) is 2. The summed E-state index contributed by atoms with van der Waals surface area (Å²) in [6, 6.07) is 9.26. The molecule has 0 radical (unpaired) electrons. The van der Waals surface area contributed by atoms with Gasteiger partial charge in [0.1, 0.15) is 41.4 Å². The Bertz CT molecular complexity index is 1110. The molecule has 1 heterocycles. The molecule has 1 aromatic heterocycles. The lowest BCUT2D eigenvalue weighted by Crippen LogP contribution is -2.15. The van der Waals surface area contributed by atoms with Crippen LogP contribution in [0.5, 0.6) is 11.5 Å². The van der Waals surface area contributed by atoms with E-state index in [1.54, 1.807) is 19.1 Å². The van der Waals surface area contributed by atoms with Gasteiger partial charge >= 0.3 is 5.97 Å². The minimum atomic E-state index is -0.455. The van der Waals surface area contributed by atoms with Gasteiger partial charge in [-0.05, 0) is 43.0 Å². The average Bonchev–Trinajstić information content (AvgIpc) is 3.07. The van der Waals surface area contributed by atoms with E-state index in [9.17, 15) is 9.90 Å². The van der Waals surface area contributed by atoms with Crippen LogP contribution in [0.3, 0.4) is 0 Å². The number of aromatic hydroxyl groups is 1. The number of carbonyl (C=O) groups is 1. The summed E-state index contributed by atoms with van der Waals surface area (Å²) in [6.45, 7) is 13.4. The van der Waals surface area contributed by atoms with Crippen molar-refractivity contribution in [2.45, 2.75) is 40.0 Å². The lowest BCUT2D eigenvalue weighted by atomic mass is 9.86. The van der Waals surface area contributed by atoms with Crippen molar-refractivity contribution < 1.29 is 19.4 Å². The largest absolute Gasteiger partial charge is 0.505 e. The van der Waals surface area contributed by atoms with E-state index < -0.39 is 5.97 Å². The lowest BCUT2D eigenvalue weighted by molar-refractivity contribution is -0.139. The first kappa shape index (κ1) is 21.4. The van der Waals surface area contributed by atoms with E-state index in [1.807, 2.05) is 45.9 Å². The van der Waals surface area contributed by atoms with Crippen molar-refractivity contribution >= 4 is 17.0 Å². The molecule has 0 spiro atoms. The molecule has 0 bridgehead atoms. The Balaban J connectivity index is 1.94. The fraction of sp³-hybridized carbons (Fsp3) is 0.348. The van der Waals surface area contributed by atoms with Crippen LogP contribution < -0.4 is 4.74 Å². The van der Waals surface area contributed by atoms with Crippen molar-refractivity contribution in [3.63, 3.8) is 0 Å². The molecule has 0 atom stereocenters. The van der Waals surface area contributed by atoms with E-state index in [4.69, 9.17) is 9.47 Å². The van der Waals surface area contributed by atoms with Crippen LogP contribution in [0.15, 0.2) is 42.5 Å². The van der Waals surface area contributed by atoms with Gasteiger partial charge in [0, 0.05) is 17.2 Å². The molecular formula is C23H27N3O4. The van der Waals surface area contributed by atoms with E-state index in [2.05, 4.69) is 16.8 Å². The monoisotopic (exact) mass is 409 g/mol. The zero-order valence-electron chi connectivity index (χ0n) is 18.0. The number of esters is 1. The zero-order chi connectivity index (χ0) is 22.1. The number of aromatic nitrogens is 3. The van der Waals surface area contributed by atoms with Crippen LogP contribution in [0.1, 0.15) is 38.8 Å². The number of phenolic OH excluding ortho intramolecular Hbond substituents is 1. The maximum absolute atomic E-state index is 11.5. The molecule has 0 unspecified atom stereocenters. The standard InChI is InChI=1S/C23H27N3O4/c1-14(2)22(28)30-10-9-29-16-12-17(23(4,5)6)21(27)20(13-16)26-24-18-8-7-15(3)11-19(18)25-26/h7-8,11-13,27H,1,9-10H2,2-6H3. The highest BCUT2D eigenvalue weighted by Crippen LogP contribution is 2.38. The molecule has 0 saturated heterocycles. The number of hydrogen-bond donors (Lipinski definition) is 1. The van der Waals surface area contributed by atoms with Gasteiger partial charge < -0.3 is 14.6 Å². The van der Waals surface area contributed by atoms with E-state index in [0.29, 0.717) is 22.6 Å². The first-order valence-electron chi connectivity index (χ1n) is 9.73. The second-order valence-electron chi connectivity index (χ2n) is 8.33. The molecular weight excluding hydrogens is 382 g/mol. The van der Waals surface area contributed by atoms with Gasteiger partial charge in [0.05, 0.1) is 0 Å². The van der Waals surface area contributed by atoms with E-state index in [-0.39, 0.29) is 24.4 Å². The molecule has 0 aliphatic rings. The van der Waals surface area contributed by atoms with Crippen molar-refractivity contribution in [3.8, 4) is 17.2 Å². The summed E-state index contributed by atoms with van der Waals surface area (Å²) in [5.74, 6) is 0.167. The van der Waals surface area contributed by atoms with Crippen molar-refractivity contribution in [1.29, 1.82) is 0 Å². The van der Waals surface area contributed by atoms with Crippen molar-refractivity contribution in [2.75, 3.05) is 13.2 Å². The molecule has 30 heavy (non-hydrogen) atoms. The Morgan fingerprint density at radius 2 is 1.83 bits per heavy atom. The summed E-state index contributed by atoms with van der Waals surface area (Å²) in [4.78, 5) is 12.9. The molecule has 7 nitrogen and oxygen atoms in total. The SMILES string of the molecule is C=C(C)C(=O)OCCOc1cc(-n2nc3ccc(C)cc3n2)c(O)c(C(C)(C)C)c1. The molecule has 0 fully saturated rings. The number of fused-ring (bicyclic) bond motifs is 1. The van der Waals surface area contributed by atoms with Crippen LogP contribution in [-0.4, -0.2) is 39.3 Å². The van der Waals surface area contributed by atoms with Crippen LogP contribution in [0.25, 0.3) is 16.7 Å². The van der Waals surface area contributed by atoms with Crippen molar-refractivity contribution in [3.05, 3.63) is 53.6 Å². The highest BCUT2D eigenvalue weighted by molar-refractivity contribution is 5.86. The first-order chi connectivity index (χ1) is 14.1. The Morgan fingerprint density at radius 3 is 2.50 bits per heavy atom. The topological polar surface area (TPSA) is 86.5 Å². The highest BCUT2D eigenvalue weighted by atomic mass is 16.6. The Labute approximate surface area is 175 Å². The molecule has 0 aliphatic carbocycles. The summed E-state index contributed by atoms with van der Waals surface area (Å²) < 4.78 is 10.9. The van der Waals surface area contributed by atoms with Gasteiger partial charge in [-0.25, -0.2) is 4.79 Å². The molecule has 3 aromatic rings. The Kier molecular flexibility index (Phi) is 5.82. The van der Waals surface area contributed by atoms with Gasteiger partial charge in [0.25, 0.3) is 0 Å². The third kappa shape index (κ3) is 4.62. The normalized spacial score (nSPS) is 11.5. The summed E-state index contributed by atoms with van der Waals surface area (Å²) >= 11 is 0. The molecule has 3 rings (SSSR count). The number of benzene rings is 2. The Hall–Kier alpha value is -3.35. The third-order valence-corrected chi connectivity index (χ3v) is 4.56. The number of rotatable bonds is 6. The predicted molar refractivity (Wildman–Crippen MR) is 115 cm³/mol. The van der Waals surface area contributed by atoms with Crippen molar-refractivity contribution in [2.24, 2.45) is 0 Å². The summed E-state index contributed by atoms with van der Waals surface area (Å²) in [6.07, 6.45) is 0. The Morgan fingerprint density at radius 1 is 1.13 bits per heavy atom. The van der Waals surface area contributed by atoms with Gasteiger partial charge in [0.15, 0.2) is 0 Å². The quantitative estimate of drug-likeness (QED) is 0.372. The molecule has 2 aromatic carbocycles. The van der Waals surface area contributed by atoms with Crippen molar-refractivity contribution in [1.82, 2.24) is 15.0 Å². The van der Waals surface area contributed by atoms with Gasteiger partial charge in [-0.2, -0.15) is 0 Å². The van der Waals surface area contributed by atoms with E-state index in [0.717, 1.165) is 16.6 Å². The van der Waals surface area contributed by atoms with Gasteiger partial charge in [-0.15, -0.1) is 15.0 Å². The van der Waals surface area contributed by atoms with E-state index >= 15 is 0 Å². The van der Waals surface area contributed by atoms with Gasteiger partial charge in [-0.1, -0.05) is 33.4 Å². The fourth-order valence-corrected chi connectivity index (χ4v) is 2.95. The molecule has 1 N–H and O–H groups in total. The smallest absolute Gasteiger partial charge is 0.333 e. The summed E-state index contributed by atoms with van der Waals surface area (Å²) in [5.41, 5.74) is 3.67. The number of carbonyl (C=O) groups excluding carboxylic acids is 1. The molecule has 0 saturated carbocycles. The minimum absolute atomic E-state index is 0.0932. The molecule has 0 aliphatic heterocycles. The zero-order valence-corrected chi connectivity index (χ0v) is 18.0. The van der Waals surface area contributed by atoms with Gasteiger partial charge in [-0.3, -0.25) is 0 Å². The summed E-state index contributed by atoms with van der Waals surface area (Å²) in [5, 5.41) is 20.0. The first-order valence-corrected chi connectivity index (χ1v) is 9.73. The second-order valence-corrected chi connectivity index (χ2v) is 8.33. The molecule has 0 amide bonds. The molecule has 7 heteroatoms. The number of nitrogens with zero attached hydrogens (tertiary/aromatic N) is 3. The third-order valence-electron chi connectivity index (χ3n) is 4.56. The lowest BCUT2D eigenvalue weighted by Gasteiger charge is -2.23.